The summed E-state index contributed by atoms with van der Waals surface area (Å²) in [6.07, 6.45) is 4.83. The molecular formula is C28H40N8. The SMILES string of the molecule is CCN1CCN(Cc2ccc(Nc3ncc4c(n3)-c3c(nn(CC)c3C(C)C)C(C)(C)C4)nc2)CC1. The van der Waals surface area contributed by atoms with Crippen LogP contribution in [0.3, 0.4) is 0 Å². The van der Waals surface area contributed by atoms with E-state index in [4.69, 9.17) is 10.1 Å². The average molecular weight is 489 g/mol. The fraction of sp³-hybridized carbons (Fsp3) is 0.571. The number of fused-ring (bicyclic) bond motifs is 3. The second kappa shape index (κ2) is 9.90. The number of aryl methyl sites for hydroxylation is 1. The summed E-state index contributed by atoms with van der Waals surface area (Å²) in [5, 5.41) is 8.38. The van der Waals surface area contributed by atoms with Gasteiger partial charge in [0, 0.05) is 62.6 Å². The zero-order chi connectivity index (χ0) is 25.4. The first-order valence-corrected chi connectivity index (χ1v) is 13.4. The lowest BCUT2D eigenvalue weighted by atomic mass is 9.74. The number of likely N-dealkylation sites (N-methyl/N-ethyl adjacent to an activating group) is 1. The van der Waals surface area contributed by atoms with Crippen molar-refractivity contribution in [2.24, 2.45) is 0 Å². The number of hydrogen-bond donors (Lipinski definition) is 1. The van der Waals surface area contributed by atoms with Crippen LogP contribution in [0.25, 0.3) is 11.3 Å². The molecule has 2 aliphatic rings. The van der Waals surface area contributed by atoms with Crippen LogP contribution < -0.4 is 5.32 Å². The Balaban J connectivity index is 1.36. The molecule has 1 N–H and O–H groups in total. The molecule has 36 heavy (non-hydrogen) atoms. The number of aromatic nitrogens is 5. The predicted molar refractivity (Wildman–Crippen MR) is 145 cm³/mol. The Kier molecular flexibility index (Phi) is 6.83. The highest BCUT2D eigenvalue weighted by atomic mass is 15.3. The zero-order valence-electron chi connectivity index (χ0n) is 22.7. The smallest absolute Gasteiger partial charge is 0.228 e. The summed E-state index contributed by atoms with van der Waals surface area (Å²) in [6.45, 7) is 20.9. The second-order valence-electron chi connectivity index (χ2n) is 11.1. The van der Waals surface area contributed by atoms with Crippen LogP contribution in [-0.4, -0.2) is 67.3 Å². The van der Waals surface area contributed by atoms with Gasteiger partial charge in [-0.2, -0.15) is 5.10 Å². The largest absolute Gasteiger partial charge is 0.309 e. The van der Waals surface area contributed by atoms with Crippen molar-refractivity contribution in [3.05, 3.63) is 47.0 Å². The van der Waals surface area contributed by atoms with E-state index in [9.17, 15) is 0 Å². The maximum atomic E-state index is 5.04. The standard InChI is InChI=1S/C28H40N8/c1-7-34-11-13-35(14-12-34)18-20-9-10-22(29-16-20)31-27-30-17-21-15-28(5,6)26-23(24(21)32-27)25(19(3)4)36(8-2)33-26/h9-10,16-17,19H,7-8,11-15,18H2,1-6H3,(H,29,30,31,32). The predicted octanol–water partition coefficient (Wildman–Crippen LogP) is 4.59. The van der Waals surface area contributed by atoms with E-state index in [1.165, 1.54) is 22.4 Å². The summed E-state index contributed by atoms with van der Waals surface area (Å²) < 4.78 is 2.16. The molecule has 1 aliphatic heterocycles. The third kappa shape index (κ3) is 4.76. The Hall–Kier alpha value is -2.84. The van der Waals surface area contributed by atoms with Gasteiger partial charge in [0.05, 0.1) is 17.1 Å². The fourth-order valence-corrected chi connectivity index (χ4v) is 5.61. The maximum absolute atomic E-state index is 5.04. The van der Waals surface area contributed by atoms with E-state index in [-0.39, 0.29) is 5.41 Å². The van der Waals surface area contributed by atoms with Crippen LogP contribution in [0, 0.1) is 0 Å². The fourth-order valence-electron chi connectivity index (χ4n) is 5.61. The zero-order valence-corrected chi connectivity index (χ0v) is 22.7. The van der Waals surface area contributed by atoms with Gasteiger partial charge in [-0.1, -0.05) is 40.7 Å². The van der Waals surface area contributed by atoms with E-state index in [2.05, 4.69) is 77.4 Å². The summed E-state index contributed by atoms with van der Waals surface area (Å²) >= 11 is 0. The molecular weight excluding hydrogens is 448 g/mol. The van der Waals surface area contributed by atoms with Gasteiger partial charge in [-0.25, -0.2) is 15.0 Å². The van der Waals surface area contributed by atoms with Crippen LogP contribution in [0.1, 0.15) is 70.0 Å². The highest BCUT2D eigenvalue weighted by Crippen LogP contribution is 2.45. The summed E-state index contributed by atoms with van der Waals surface area (Å²) in [5.41, 5.74) is 6.97. The van der Waals surface area contributed by atoms with Gasteiger partial charge in [-0.15, -0.1) is 0 Å². The number of rotatable bonds is 7. The normalized spacial score (nSPS) is 17.8. The molecule has 3 aromatic heterocycles. The van der Waals surface area contributed by atoms with Gasteiger partial charge in [0.1, 0.15) is 5.82 Å². The van der Waals surface area contributed by atoms with Crippen molar-refractivity contribution >= 4 is 11.8 Å². The van der Waals surface area contributed by atoms with Gasteiger partial charge in [0.15, 0.2) is 0 Å². The van der Waals surface area contributed by atoms with E-state index in [1.807, 2.05) is 18.5 Å². The Labute approximate surface area is 215 Å². The van der Waals surface area contributed by atoms with E-state index >= 15 is 0 Å². The molecule has 0 radical (unpaired) electrons. The first-order valence-electron chi connectivity index (χ1n) is 13.4. The van der Waals surface area contributed by atoms with Gasteiger partial charge in [0.2, 0.25) is 5.95 Å². The molecule has 0 bridgehead atoms. The van der Waals surface area contributed by atoms with E-state index in [1.54, 1.807) is 0 Å². The van der Waals surface area contributed by atoms with Crippen molar-refractivity contribution in [1.82, 2.24) is 34.5 Å². The molecule has 0 atom stereocenters. The molecule has 8 heteroatoms. The Morgan fingerprint density at radius 2 is 1.72 bits per heavy atom. The van der Waals surface area contributed by atoms with Crippen LogP contribution in [0.2, 0.25) is 0 Å². The molecule has 192 valence electrons. The third-order valence-corrected chi connectivity index (χ3v) is 7.60. The van der Waals surface area contributed by atoms with Gasteiger partial charge >= 0.3 is 0 Å². The lowest BCUT2D eigenvalue weighted by Gasteiger charge is -2.33. The lowest BCUT2D eigenvalue weighted by molar-refractivity contribution is 0.132. The highest BCUT2D eigenvalue weighted by Gasteiger charge is 2.38. The van der Waals surface area contributed by atoms with Crippen molar-refractivity contribution in [2.75, 3.05) is 38.0 Å². The Morgan fingerprint density at radius 3 is 2.36 bits per heavy atom. The molecule has 0 saturated carbocycles. The van der Waals surface area contributed by atoms with Crippen molar-refractivity contribution in [1.29, 1.82) is 0 Å². The third-order valence-electron chi connectivity index (χ3n) is 7.60. The molecule has 0 aromatic carbocycles. The molecule has 0 spiro atoms. The Bertz CT molecular complexity index is 1200. The van der Waals surface area contributed by atoms with Crippen molar-refractivity contribution in [3.63, 3.8) is 0 Å². The Morgan fingerprint density at radius 1 is 0.972 bits per heavy atom. The molecule has 1 fully saturated rings. The molecule has 4 heterocycles. The molecule has 3 aromatic rings. The number of nitrogens with zero attached hydrogens (tertiary/aromatic N) is 7. The van der Waals surface area contributed by atoms with Crippen LogP contribution >= 0.6 is 0 Å². The average Bonchev–Trinajstić information content (AvgIpc) is 3.28. The minimum Gasteiger partial charge on any atom is -0.309 e. The van der Waals surface area contributed by atoms with E-state index < -0.39 is 0 Å². The summed E-state index contributed by atoms with van der Waals surface area (Å²) in [7, 11) is 0. The number of piperazine rings is 1. The minimum atomic E-state index is -0.0503. The number of pyridine rings is 1. The second-order valence-corrected chi connectivity index (χ2v) is 11.1. The van der Waals surface area contributed by atoms with Crippen molar-refractivity contribution in [3.8, 4) is 11.3 Å². The molecule has 5 rings (SSSR count). The topological polar surface area (TPSA) is 75.0 Å². The van der Waals surface area contributed by atoms with Gasteiger partial charge in [-0.3, -0.25) is 9.58 Å². The van der Waals surface area contributed by atoms with Gasteiger partial charge in [0.25, 0.3) is 0 Å². The van der Waals surface area contributed by atoms with Crippen LogP contribution in [-0.2, 0) is 24.9 Å². The van der Waals surface area contributed by atoms with Gasteiger partial charge in [-0.05, 0) is 43.0 Å². The van der Waals surface area contributed by atoms with E-state index in [0.717, 1.165) is 69.4 Å². The first kappa shape index (κ1) is 24.8. The van der Waals surface area contributed by atoms with Crippen molar-refractivity contribution < 1.29 is 0 Å². The highest BCUT2D eigenvalue weighted by molar-refractivity contribution is 5.74. The molecule has 1 aliphatic carbocycles. The van der Waals surface area contributed by atoms with Crippen LogP contribution in [0.5, 0.6) is 0 Å². The van der Waals surface area contributed by atoms with E-state index in [0.29, 0.717) is 11.9 Å². The van der Waals surface area contributed by atoms with Crippen molar-refractivity contribution in [2.45, 2.75) is 72.4 Å². The quantitative estimate of drug-likeness (QED) is 0.521. The number of nitrogens with one attached hydrogen (secondary N) is 1. The summed E-state index contributed by atoms with van der Waals surface area (Å²) in [4.78, 5) is 19.3. The first-order chi connectivity index (χ1) is 17.3. The summed E-state index contributed by atoms with van der Waals surface area (Å²) in [5.74, 6) is 1.70. The number of hydrogen-bond acceptors (Lipinski definition) is 7. The van der Waals surface area contributed by atoms with Crippen LogP contribution in [0.4, 0.5) is 11.8 Å². The van der Waals surface area contributed by atoms with Gasteiger partial charge < -0.3 is 10.2 Å². The molecule has 0 unspecified atom stereocenters. The summed E-state index contributed by atoms with van der Waals surface area (Å²) in [6, 6.07) is 4.19. The number of anilines is 2. The monoisotopic (exact) mass is 488 g/mol. The minimum absolute atomic E-state index is 0.0503. The molecule has 0 amide bonds. The molecule has 1 saturated heterocycles. The maximum Gasteiger partial charge on any atom is 0.228 e. The molecule has 8 nitrogen and oxygen atoms in total. The lowest BCUT2D eigenvalue weighted by Crippen LogP contribution is -2.45. The van der Waals surface area contributed by atoms with Crippen LogP contribution in [0.15, 0.2) is 24.5 Å².